The Labute approximate surface area is 89.7 Å². The third-order valence-corrected chi connectivity index (χ3v) is 2.81. The Hall–Kier alpha value is -1.51. The fourth-order valence-electron chi connectivity index (χ4n) is 1.99. The van der Waals surface area contributed by atoms with Crippen LogP contribution in [0.4, 0.5) is 5.69 Å². The van der Waals surface area contributed by atoms with Crippen LogP contribution in [0.15, 0.2) is 18.2 Å². The molecule has 0 amide bonds. The highest BCUT2D eigenvalue weighted by Crippen LogP contribution is 2.26. The second kappa shape index (κ2) is 4.34. The number of rotatable bonds is 3. The number of methoxy groups -OCH3 is 1. The van der Waals surface area contributed by atoms with Gasteiger partial charge < -0.3 is 9.64 Å². The summed E-state index contributed by atoms with van der Waals surface area (Å²) in [5.41, 5.74) is 1.75. The lowest BCUT2D eigenvalue weighted by Crippen LogP contribution is -2.17. The smallest absolute Gasteiger partial charge is 0.153 e. The minimum atomic E-state index is 0.627. The van der Waals surface area contributed by atoms with Gasteiger partial charge in [0, 0.05) is 18.8 Å². The van der Waals surface area contributed by atoms with E-state index >= 15 is 0 Å². The Morgan fingerprint density at radius 2 is 2.07 bits per heavy atom. The zero-order valence-corrected chi connectivity index (χ0v) is 8.90. The van der Waals surface area contributed by atoms with Gasteiger partial charge in [0.05, 0.1) is 12.7 Å². The summed E-state index contributed by atoms with van der Waals surface area (Å²) >= 11 is 0. The average Bonchev–Trinajstić information content (AvgIpc) is 2.81. The first-order valence-electron chi connectivity index (χ1n) is 5.23. The Morgan fingerprint density at radius 1 is 1.33 bits per heavy atom. The number of hydrogen-bond acceptors (Lipinski definition) is 3. The van der Waals surface area contributed by atoms with E-state index < -0.39 is 0 Å². The molecule has 0 atom stereocenters. The summed E-state index contributed by atoms with van der Waals surface area (Å²) in [6.45, 7) is 2.18. The average molecular weight is 205 g/mol. The molecule has 1 heterocycles. The summed E-state index contributed by atoms with van der Waals surface area (Å²) < 4.78 is 5.10. The minimum absolute atomic E-state index is 0.627. The van der Waals surface area contributed by atoms with Crippen molar-refractivity contribution in [1.82, 2.24) is 0 Å². The van der Waals surface area contributed by atoms with Gasteiger partial charge in [-0.25, -0.2) is 0 Å². The summed E-state index contributed by atoms with van der Waals surface area (Å²) in [7, 11) is 1.58. The number of nitrogens with zero attached hydrogens (tertiary/aromatic N) is 1. The molecule has 0 spiro atoms. The predicted molar refractivity (Wildman–Crippen MR) is 59.8 cm³/mol. The summed E-state index contributed by atoms with van der Waals surface area (Å²) in [5, 5.41) is 0. The normalized spacial score (nSPS) is 15.4. The zero-order chi connectivity index (χ0) is 10.7. The maximum atomic E-state index is 10.9. The van der Waals surface area contributed by atoms with E-state index in [2.05, 4.69) is 4.90 Å². The molecule has 1 fully saturated rings. The van der Waals surface area contributed by atoms with Gasteiger partial charge in [-0.3, -0.25) is 4.79 Å². The molecule has 15 heavy (non-hydrogen) atoms. The van der Waals surface area contributed by atoms with Gasteiger partial charge in [-0.2, -0.15) is 0 Å². The van der Waals surface area contributed by atoms with Crippen molar-refractivity contribution < 1.29 is 9.53 Å². The second-order valence-corrected chi connectivity index (χ2v) is 3.74. The van der Waals surface area contributed by atoms with E-state index in [1.54, 1.807) is 7.11 Å². The van der Waals surface area contributed by atoms with Crippen molar-refractivity contribution in [2.24, 2.45) is 0 Å². The van der Waals surface area contributed by atoms with Crippen molar-refractivity contribution in [3.63, 3.8) is 0 Å². The number of carbonyl (C=O) groups is 1. The van der Waals surface area contributed by atoms with Crippen molar-refractivity contribution in [3.05, 3.63) is 23.8 Å². The number of benzene rings is 1. The third-order valence-electron chi connectivity index (χ3n) is 2.81. The lowest BCUT2D eigenvalue weighted by molar-refractivity contribution is 0.112. The van der Waals surface area contributed by atoms with E-state index in [9.17, 15) is 4.79 Å². The highest BCUT2D eigenvalue weighted by molar-refractivity contribution is 5.81. The van der Waals surface area contributed by atoms with Crippen LogP contribution in [0.5, 0.6) is 5.75 Å². The fraction of sp³-hybridized carbons (Fsp3) is 0.417. The van der Waals surface area contributed by atoms with Gasteiger partial charge in [-0.1, -0.05) is 0 Å². The van der Waals surface area contributed by atoms with Crippen LogP contribution in [0, 0.1) is 0 Å². The summed E-state index contributed by atoms with van der Waals surface area (Å²) in [6.07, 6.45) is 3.32. The van der Waals surface area contributed by atoms with Crippen LogP contribution in [-0.2, 0) is 0 Å². The van der Waals surface area contributed by atoms with Crippen molar-refractivity contribution in [2.75, 3.05) is 25.1 Å². The molecule has 0 saturated carbocycles. The molecular formula is C12H15NO2. The molecule has 80 valence electrons. The van der Waals surface area contributed by atoms with Crippen molar-refractivity contribution in [1.29, 1.82) is 0 Å². The van der Waals surface area contributed by atoms with E-state index in [0.717, 1.165) is 25.1 Å². The monoisotopic (exact) mass is 205 g/mol. The first kappa shape index (κ1) is 10.0. The van der Waals surface area contributed by atoms with Gasteiger partial charge in [0.1, 0.15) is 5.75 Å². The molecule has 3 heteroatoms. The van der Waals surface area contributed by atoms with Crippen LogP contribution < -0.4 is 9.64 Å². The van der Waals surface area contributed by atoms with Crippen LogP contribution in [0.1, 0.15) is 23.2 Å². The molecule has 0 aromatic heterocycles. The Bertz CT molecular complexity index is 357. The molecule has 1 aromatic rings. The summed E-state index contributed by atoms with van der Waals surface area (Å²) in [6, 6.07) is 5.77. The van der Waals surface area contributed by atoms with Crippen LogP contribution in [0.3, 0.4) is 0 Å². The minimum Gasteiger partial charge on any atom is -0.496 e. The first-order chi connectivity index (χ1) is 7.35. The van der Waals surface area contributed by atoms with Gasteiger partial charge in [-0.15, -0.1) is 0 Å². The topological polar surface area (TPSA) is 29.5 Å². The van der Waals surface area contributed by atoms with E-state index in [1.165, 1.54) is 12.8 Å². The summed E-state index contributed by atoms with van der Waals surface area (Å²) in [4.78, 5) is 13.2. The summed E-state index contributed by atoms with van der Waals surface area (Å²) in [5.74, 6) is 0.646. The molecule has 1 aliphatic heterocycles. The van der Waals surface area contributed by atoms with E-state index in [1.807, 2.05) is 18.2 Å². The quantitative estimate of drug-likeness (QED) is 0.708. The van der Waals surface area contributed by atoms with Gasteiger partial charge in [-0.05, 0) is 31.0 Å². The lowest BCUT2D eigenvalue weighted by Gasteiger charge is -2.18. The predicted octanol–water partition coefficient (Wildman–Crippen LogP) is 2.11. The van der Waals surface area contributed by atoms with Crippen LogP contribution in [-0.4, -0.2) is 26.5 Å². The zero-order valence-electron chi connectivity index (χ0n) is 8.90. The van der Waals surface area contributed by atoms with Gasteiger partial charge in [0.15, 0.2) is 6.29 Å². The standard InChI is InChI=1S/C12H15NO2/c1-15-12-5-4-11(8-10(12)9-14)13-6-2-3-7-13/h4-5,8-9H,2-3,6-7H2,1H3. The van der Waals surface area contributed by atoms with Gasteiger partial charge in [0.2, 0.25) is 0 Å². The van der Waals surface area contributed by atoms with Crippen LogP contribution >= 0.6 is 0 Å². The molecule has 1 aromatic carbocycles. The van der Waals surface area contributed by atoms with E-state index in [-0.39, 0.29) is 0 Å². The molecule has 2 rings (SSSR count). The number of carbonyl (C=O) groups excluding carboxylic acids is 1. The number of anilines is 1. The number of hydrogen-bond donors (Lipinski definition) is 0. The largest absolute Gasteiger partial charge is 0.496 e. The Morgan fingerprint density at radius 3 is 2.67 bits per heavy atom. The van der Waals surface area contributed by atoms with Crippen molar-refractivity contribution in [2.45, 2.75) is 12.8 Å². The highest BCUT2D eigenvalue weighted by atomic mass is 16.5. The van der Waals surface area contributed by atoms with Gasteiger partial charge >= 0.3 is 0 Å². The molecule has 0 radical (unpaired) electrons. The SMILES string of the molecule is COc1ccc(N2CCCC2)cc1C=O. The maximum Gasteiger partial charge on any atom is 0.153 e. The molecule has 1 aliphatic rings. The van der Waals surface area contributed by atoms with E-state index in [4.69, 9.17) is 4.74 Å². The highest BCUT2D eigenvalue weighted by Gasteiger charge is 2.13. The van der Waals surface area contributed by atoms with Crippen LogP contribution in [0.2, 0.25) is 0 Å². The molecular weight excluding hydrogens is 190 g/mol. The molecule has 0 unspecified atom stereocenters. The van der Waals surface area contributed by atoms with Crippen molar-refractivity contribution in [3.8, 4) is 5.75 Å². The number of aldehydes is 1. The Kier molecular flexibility index (Phi) is 2.90. The molecule has 0 aliphatic carbocycles. The first-order valence-corrected chi connectivity index (χ1v) is 5.23. The lowest BCUT2D eigenvalue weighted by atomic mass is 10.2. The maximum absolute atomic E-state index is 10.9. The fourth-order valence-corrected chi connectivity index (χ4v) is 1.99. The third kappa shape index (κ3) is 1.96. The molecule has 3 nitrogen and oxygen atoms in total. The Balaban J connectivity index is 2.29. The molecule has 0 N–H and O–H groups in total. The second-order valence-electron chi connectivity index (χ2n) is 3.74. The van der Waals surface area contributed by atoms with E-state index in [0.29, 0.717) is 11.3 Å². The number of ether oxygens (including phenoxy) is 1. The van der Waals surface area contributed by atoms with Gasteiger partial charge in [0.25, 0.3) is 0 Å². The molecule has 1 saturated heterocycles. The van der Waals surface area contributed by atoms with Crippen LogP contribution in [0.25, 0.3) is 0 Å². The van der Waals surface area contributed by atoms with Crippen molar-refractivity contribution >= 4 is 12.0 Å². The molecule has 0 bridgehead atoms.